The fraction of sp³-hybridized carbons (Fsp3) is 0.273. The lowest BCUT2D eigenvalue weighted by molar-refractivity contribution is 0.102. The summed E-state index contributed by atoms with van der Waals surface area (Å²) in [7, 11) is 2.04. The molecule has 1 atom stereocenters. The number of likely N-dealkylation sites (N-methyl/N-ethyl adjacent to an activating group) is 1. The SMILES string of the molecule is C=CCN(C)C/C=C/COc1ccc(C(C)(O)c2ccc(Br)cc2)cc1. The monoisotopic (exact) mass is 415 g/mol. The topological polar surface area (TPSA) is 32.7 Å². The molecule has 3 nitrogen and oxygen atoms in total. The van der Waals surface area contributed by atoms with Crippen LogP contribution >= 0.6 is 15.9 Å². The van der Waals surface area contributed by atoms with E-state index in [0.717, 1.165) is 34.4 Å². The summed E-state index contributed by atoms with van der Waals surface area (Å²) in [4.78, 5) is 2.16. The lowest BCUT2D eigenvalue weighted by Gasteiger charge is -2.24. The summed E-state index contributed by atoms with van der Waals surface area (Å²) in [6.45, 7) is 7.77. The summed E-state index contributed by atoms with van der Waals surface area (Å²) in [6, 6.07) is 15.3. The molecule has 0 saturated carbocycles. The van der Waals surface area contributed by atoms with Gasteiger partial charge in [-0.25, -0.2) is 0 Å². The number of rotatable bonds is 9. The van der Waals surface area contributed by atoms with Crippen molar-refractivity contribution in [2.24, 2.45) is 0 Å². The smallest absolute Gasteiger partial charge is 0.119 e. The quantitative estimate of drug-likeness (QED) is 0.599. The fourth-order valence-electron chi connectivity index (χ4n) is 2.58. The molecule has 0 bridgehead atoms. The minimum atomic E-state index is -1.05. The molecule has 138 valence electrons. The Kier molecular flexibility index (Phi) is 7.64. The normalized spacial score (nSPS) is 13.7. The first-order valence-corrected chi connectivity index (χ1v) is 9.39. The first-order valence-electron chi connectivity index (χ1n) is 8.59. The Balaban J connectivity index is 1.92. The Bertz CT molecular complexity index is 721. The van der Waals surface area contributed by atoms with Crippen molar-refractivity contribution in [3.05, 3.63) is 88.9 Å². The molecule has 0 radical (unpaired) electrons. The first-order chi connectivity index (χ1) is 12.4. The van der Waals surface area contributed by atoms with Gasteiger partial charge in [-0.05, 0) is 49.4 Å². The molecule has 1 N–H and O–H groups in total. The number of benzene rings is 2. The molecule has 0 saturated heterocycles. The maximum Gasteiger partial charge on any atom is 0.119 e. The van der Waals surface area contributed by atoms with Gasteiger partial charge >= 0.3 is 0 Å². The van der Waals surface area contributed by atoms with Crippen LogP contribution in [-0.2, 0) is 5.60 Å². The summed E-state index contributed by atoms with van der Waals surface area (Å²) in [5, 5.41) is 10.9. The average molecular weight is 416 g/mol. The minimum absolute atomic E-state index is 0.518. The third kappa shape index (κ3) is 5.84. The molecule has 4 heteroatoms. The summed E-state index contributed by atoms with van der Waals surface area (Å²) in [5.41, 5.74) is 0.629. The van der Waals surface area contributed by atoms with Crippen molar-refractivity contribution in [3.63, 3.8) is 0 Å². The Morgan fingerprint density at radius 3 is 2.19 bits per heavy atom. The molecule has 0 aliphatic carbocycles. The van der Waals surface area contributed by atoms with Crippen molar-refractivity contribution in [2.45, 2.75) is 12.5 Å². The number of nitrogens with zero attached hydrogens (tertiary/aromatic N) is 1. The van der Waals surface area contributed by atoms with Gasteiger partial charge in [0.2, 0.25) is 0 Å². The average Bonchev–Trinajstić information content (AvgIpc) is 2.62. The van der Waals surface area contributed by atoms with Gasteiger partial charge in [-0.1, -0.05) is 58.4 Å². The molecule has 26 heavy (non-hydrogen) atoms. The zero-order chi connectivity index (χ0) is 19.0. The number of ether oxygens (including phenoxy) is 1. The largest absolute Gasteiger partial charge is 0.490 e. The van der Waals surface area contributed by atoms with Crippen LogP contribution in [0.15, 0.2) is 77.8 Å². The molecule has 0 aliphatic heterocycles. The third-order valence-corrected chi connectivity index (χ3v) is 4.72. The second-order valence-electron chi connectivity index (χ2n) is 6.40. The first kappa shape index (κ1) is 20.4. The van der Waals surface area contributed by atoms with Gasteiger partial charge in [0.1, 0.15) is 18.0 Å². The van der Waals surface area contributed by atoms with Gasteiger partial charge in [-0.15, -0.1) is 6.58 Å². The van der Waals surface area contributed by atoms with Crippen molar-refractivity contribution in [1.82, 2.24) is 4.90 Å². The lowest BCUT2D eigenvalue weighted by atomic mass is 9.88. The summed E-state index contributed by atoms with van der Waals surface area (Å²) < 4.78 is 6.71. The molecular weight excluding hydrogens is 390 g/mol. The predicted molar refractivity (Wildman–Crippen MR) is 112 cm³/mol. The highest BCUT2D eigenvalue weighted by atomic mass is 79.9. The molecular formula is C22H26BrNO2. The van der Waals surface area contributed by atoms with Crippen LogP contribution in [0.5, 0.6) is 5.75 Å². The third-order valence-electron chi connectivity index (χ3n) is 4.19. The van der Waals surface area contributed by atoms with Crippen LogP contribution in [0.2, 0.25) is 0 Å². The zero-order valence-corrected chi connectivity index (χ0v) is 16.9. The van der Waals surface area contributed by atoms with Crippen LogP contribution in [0.3, 0.4) is 0 Å². The minimum Gasteiger partial charge on any atom is -0.490 e. The number of halogens is 1. The van der Waals surface area contributed by atoms with Crippen molar-refractivity contribution in [3.8, 4) is 5.75 Å². The van der Waals surface area contributed by atoms with Gasteiger partial charge in [0.05, 0.1) is 0 Å². The van der Waals surface area contributed by atoms with E-state index < -0.39 is 5.60 Å². The summed E-state index contributed by atoms with van der Waals surface area (Å²) in [5.74, 6) is 0.782. The van der Waals surface area contributed by atoms with E-state index in [1.807, 2.05) is 67.7 Å². The van der Waals surface area contributed by atoms with Gasteiger partial charge in [0, 0.05) is 17.6 Å². The van der Waals surface area contributed by atoms with Gasteiger partial charge < -0.3 is 9.84 Å². The molecule has 0 amide bonds. The van der Waals surface area contributed by atoms with E-state index in [2.05, 4.69) is 33.5 Å². The molecule has 0 heterocycles. The van der Waals surface area contributed by atoms with Crippen molar-refractivity contribution >= 4 is 15.9 Å². The molecule has 1 unspecified atom stereocenters. The van der Waals surface area contributed by atoms with E-state index in [0.29, 0.717) is 6.61 Å². The maximum absolute atomic E-state index is 10.9. The van der Waals surface area contributed by atoms with E-state index >= 15 is 0 Å². The van der Waals surface area contributed by atoms with Gasteiger partial charge in [0.25, 0.3) is 0 Å². The number of hydrogen-bond donors (Lipinski definition) is 1. The summed E-state index contributed by atoms with van der Waals surface area (Å²) >= 11 is 3.42. The van der Waals surface area contributed by atoms with Crippen LogP contribution in [0.25, 0.3) is 0 Å². The van der Waals surface area contributed by atoms with Crippen LogP contribution < -0.4 is 4.74 Å². The Hall–Kier alpha value is -1.88. The van der Waals surface area contributed by atoms with Crippen molar-refractivity contribution in [2.75, 3.05) is 26.7 Å². The van der Waals surface area contributed by atoms with Gasteiger partial charge in [0.15, 0.2) is 0 Å². The van der Waals surface area contributed by atoms with Gasteiger partial charge in [-0.3, -0.25) is 4.90 Å². The predicted octanol–water partition coefficient (Wildman–Crippen LogP) is 4.76. The van der Waals surface area contributed by atoms with Crippen molar-refractivity contribution < 1.29 is 9.84 Å². The van der Waals surface area contributed by atoms with Crippen LogP contribution in [-0.4, -0.2) is 36.8 Å². The molecule has 0 aromatic heterocycles. The molecule has 2 aromatic rings. The van der Waals surface area contributed by atoms with E-state index in [1.165, 1.54) is 0 Å². The highest BCUT2D eigenvalue weighted by Gasteiger charge is 2.25. The van der Waals surface area contributed by atoms with Crippen LogP contribution in [0.4, 0.5) is 0 Å². The maximum atomic E-state index is 10.9. The van der Waals surface area contributed by atoms with Crippen LogP contribution in [0, 0.1) is 0 Å². The lowest BCUT2D eigenvalue weighted by Crippen LogP contribution is -2.22. The fourth-order valence-corrected chi connectivity index (χ4v) is 2.84. The van der Waals surface area contributed by atoms with E-state index in [9.17, 15) is 5.11 Å². The van der Waals surface area contributed by atoms with Crippen molar-refractivity contribution in [1.29, 1.82) is 0 Å². The van der Waals surface area contributed by atoms with E-state index in [1.54, 1.807) is 6.92 Å². The second-order valence-corrected chi connectivity index (χ2v) is 7.31. The number of hydrogen-bond acceptors (Lipinski definition) is 3. The highest BCUT2D eigenvalue weighted by Crippen LogP contribution is 2.31. The number of aliphatic hydroxyl groups is 1. The van der Waals surface area contributed by atoms with E-state index in [-0.39, 0.29) is 0 Å². The second kappa shape index (κ2) is 9.72. The van der Waals surface area contributed by atoms with Crippen LogP contribution in [0.1, 0.15) is 18.1 Å². The Morgan fingerprint density at radius 1 is 1.04 bits per heavy atom. The molecule has 0 spiro atoms. The molecule has 2 rings (SSSR count). The van der Waals surface area contributed by atoms with Gasteiger partial charge in [-0.2, -0.15) is 0 Å². The highest BCUT2D eigenvalue weighted by molar-refractivity contribution is 9.10. The standard InChI is InChI=1S/C22H26BrNO2/c1-4-15-24(3)16-5-6-17-26-21-13-9-19(10-14-21)22(2,25)18-7-11-20(23)12-8-18/h4-14,25H,1,15-17H2,2-3H3/b6-5+. The molecule has 2 aromatic carbocycles. The summed E-state index contributed by atoms with van der Waals surface area (Å²) in [6.07, 6.45) is 5.97. The zero-order valence-electron chi connectivity index (χ0n) is 15.4. The van der Waals surface area contributed by atoms with E-state index in [4.69, 9.17) is 4.74 Å². The Labute approximate surface area is 164 Å². The molecule has 0 fully saturated rings. The Morgan fingerprint density at radius 2 is 1.62 bits per heavy atom. The molecule has 0 aliphatic rings.